The summed E-state index contributed by atoms with van der Waals surface area (Å²) in [6.45, 7) is 1.81. The molecule has 34 heavy (non-hydrogen) atoms. The Morgan fingerprint density at radius 1 is 0.971 bits per heavy atom. The zero-order valence-corrected chi connectivity index (χ0v) is 18.3. The molecule has 0 amide bonds. The number of nitrogens with two attached hydrogens (primary N) is 1. The highest BCUT2D eigenvalue weighted by molar-refractivity contribution is 6.02. The number of pyridine rings is 1. The molecule has 1 aliphatic carbocycles. The van der Waals surface area contributed by atoms with Crippen molar-refractivity contribution in [3.05, 3.63) is 83.8 Å². The lowest BCUT2D eigenvalue weighted by Crippen LogP contribution is -2.01. The molecule has 8 heteroatoms. The molecule has 3 heterocycles. The van der Waals surface area contributed by atoms with E-state index in [0.29, 0.717) is 56.0 Å². The number of benzene rings is 2. The summed E-state index contributed by atoms with van der Waals surface area (Å²) in [6, 6.07) is 9.02. The molecule has 1 atom stereocenters. The van der Waals surface area contributed by atoms with Gasteiger partial charge in [0.05, 0.1) is 5.39 Å². The topological polar surface area (TPSA) is 69.6 Å². The van der Waals surface area contributed by atoms with Crippen molar-refractivity contribution in [2.75, 3.05) is 5.73 Å². The Balaban J connectivity index is 1.46. The van der Waals surface area contributed by atoms with Crippen LogP contribution in [0.5, 0.6) is 0 Å². The summed E-state index contributed by atoms with van der Waals surface area (Å²) in [5.41, 5.74) is 8.97. The number of rotatable bonds is 4. The molecule has 170 valence electrons. The minimum Gasteiger partial charge on any atom is -0.383 e. The van der Waals surface area contributed by atoms with Gasteiger partial charge < -0.3 is 10.3 Å². The van der Waals surface area contributed by atoms with Gasteiger partial charge >= 0.3 is 0 Å². The second-order valence-corrected chi connectivity index (χ2v) is 8.82. The molecule has 0 aliphatic heterocycles. The van der Waals surface area contributed by atoms with Gasteiger partial charge in [-0.3, -0.25) is 4.98 Å². The van der Waals surface area contributed by atoms with Crippen LogP contribution in [0.25, 0.3) is 32.9 Å². The van der Waals surface area contributed by atoms with Gasteiger partial charge in [-0.15, -0.1) is 0 Å². The molecule has 2 N–H and O–H groups in total. The van der Waals surface area contributed by atoms with Gasteiger partial charge in [0.15, 0.2) is 0 Å². The fraction of sp³-hybridized carbons (Fsp3) is 0.192. The van der Waals surface area contributed by atoms with Crippen LogP contribution in [0.4, 0.5) is 19.0 Å². The number of nitrogen functional groups attached to an aromatic ring is 1. The van der Waals surface area contributed by atoms with Gasteiger partial charge in [0.2, 0.25) is 0 Å². The highest BCUT2D eigenvalue weighted by Gasteiger charge is 2.28. The fourth-order valence-electron chi connectivity index (χ4n) is 4.58. The average Bonchev–Trinajstić information content (AvgIpc) is 3.58. The number of anilines is 1. The number of hydrogen-bond acceptors (Lipinski definition) is 4. The molecular formula is C26H20F3N5. The number of halogens is 3. The lowest BCUT2D eigenvalue weighted by atomic mass is 9.95. The van der Waals surface area contributed by atoms with Gasteiger partial charge in [0.25, 0.3) is 0 Å². The molecule has 0 saturated heterocycles. The predicted molar refractivity (Wildman–Crippen MR) is 125 cm³/mol. The van der Waals surface area contributed by atoms with E-state index in [2.05, 4.69) is 15.0 Å². The third-order valence-electron chi connectivity index (χ3n) is 6.56. The number of aromatic nitrogens is 4. The third-order valence-corrected chi connectivity index (χ3v) is 6.56. The van der Waals surface area contributed by atoms with Crippen molar-refractivity contribution in [3.63, 3.8) is 0 Å². The average molecular weight is 459 g/mol. The lowest BCUT2D eigenvalue weighted by molar-refractivity contribution is 0.578. The van der Waals surface area contributed by atoms with Crippen LogP contribution in [0.3, 0.4) is 0 Å². The molecular weight excluding hydrogens is 439 g/mol. The number of fused-ring (bicyclic) bond motifs is 2. The molecule has 2 aromatic carbocycles. The first-order valence-electron chi connectivity index (χ1n) is 11.1. The van der Waals surface area contributed by atoms with Crippen molar-refractivity contribution in [1.82, 2.24) is 19.5 Å². The summed E-state index contributed by atoms with van der Waals surface area (Å²) in [4.78, 5) is 12.9. The Morgan fingerprint density at radius 3 is 2.47 bits per heavy atom. The van der Waals surface area contributed by atoms with Gasteiger partial charge in [-0.2, -0.15) is 0 Å². The summed E-state index contributed by atoms with van der Waals surface area (Å²) in [6.07, 6.45) is 6.89. The molecule has 3 aromatic heterocycles. The van der Waals surface area contributed by atoms with E-state index in [0.717, 1.165) is 18.9 Å². The smallest absolute Gasteiger partial charge is 0.146 e. The van der Waals surface area contributed by atoms with Crippen molar-refractivity contribution < 1.29 is 13.2 Å². The quantitative estimate of drug-likeness (QED) is 0.351. The summed E-state index contributed by atoms with van der Waals surface area (Å²) in [5.74, 6) is -1.77. The molecule has 1 fully saturated rings. The van der Waals surface area contributed by atoms with Crippen LogP contribution < -0.4 is 5.73 Å². The normalized spacial score (nSPS) is 14.7. The number of hydrogen-bond donors (Lipinski definition) is 1. The first-order valence-corrected chi connectivity index (χ1v) is 11.1. The molecule has 0 spiro atoms. The van der Waals surface area contributed by atoms with Crippen molar-refractivity contribution in [2.45, 2.75) is 31.7 Å². The second kappa shape index (κ2) is 7.55. The Bertz CT molecular complexity index is 1570. The van der Waals surface area contributed by atoms with E-state index in [1.807, 2.05) is 23.8 Å². The maximum atomic E-state index is 15.8. The standard InChI is InChI=1S/C26H20F3N5/c1-13(15-6-16(27)9-17(28)7-15)22-8-14-2-5-19(24(29)20(14)10-31-22)21-11-34(18-3-4-18)26-23(21)25(30)32-12-33-26/h2,5-13,18H,3-4H2,1H3,(H2,30,32,33). The zero-order chi connectivity index (χ0) is 23.6. The van der Waals surface area contributed by atoms with Gasteiger partial charge in [-0.05, 0) is 42.0 Å². The van der Waals surface area contributed by atoms with Crippen molar-refractivity contribution >= 4 is 27.6 Å². The van der Waals surface area contributed by atoms with Gasteiger partial charge in [-0.25, -0.2) is 23.1 Å². The summed E-state index contributed by atoms with van der Waals surface area (Å²) >= 11 is 0. The highest BCUT2D eigenvalue weighted by atomic mass is 19.1. The van der Waals surface area contributed by atoms with Crippen LogP contribution >= 0.6 is 0 Å². The largest absolute Gasteiger partial charge is 0.383 e. The third kappa shape index (κ3) is 3.29. The summed E-state index contributed by atoms with van der Waals surface area (Å²) in [5, 5.41) is 1.63. The van der Waals surface area contributed by atoms with E-state index in [9.17, 15) is 8.78 Å². The first-order chi connectivity index (χ1) is 16.4. The predicted octanol–water partition coefficient (Wildman–Crippen LogP) is 6.13. The minimum atomic E-state index is -0.646. The van der Waals surface area contributed by atoms with Crippen LogP contribution in [-0.4, -0.2) is 19.5 Å². The molecule has 5 aromatic rings. The van der Waals surface area contributed by atoms with Gasteiger partial charge in [0.1, 0.15) is 35.2 Å². The van der Waals surface area contributed by atoms with Crippen LogP contribution in [-0.2, 0) is 0 Å². The monoisotopic (exact) mass is 459 g/mol. The van der Waals surface area contributed by atoms with Crippen LogP contribution in [0, 0.1) is 17.5 Å². The fourth-order valence-corrected chi connectivity index (χ4v) is 4.58. The van der Waals surface area contributed by atoms with Crippen molar-refractivity contribution in [3.8, 4) is 11.1 Å². The summed E-state index contributed by atoms with van der Waals surface area (Å²) in [7, 11) is 0. The Morgan fingerprint density at radius 2 is 1.74 bits per heavy atom. The van der Waals surface area contributed by atoms with Crippen molar-refractivity contribution in [2.24, 2.45) is 0 Å². The molecule has 0 bridgehead atoms. The van der Waals surface area contributed by atoms with E-state index < -0.39 is 17.5 Å². The van der Waals surface area contributed by atoms with E-state index in [4.69, 9.17) is 5.73 Å². The first kappa shape index (κ1) is 20.7. The lowest BCUT2D eigenvalue weighted by Gasteiger charge is -2.14. The van der Waals surface area contributed by atoms with E-state index in [1.165, 1.54) is 24.7 Å². The molecule has 1 aliphatic rings. The Hall–Kier alpha value is -3.94. The molecule has 1 saturated carbocycles. The van der Waals surface area contributed by atoms with Gasteiger partial charge in [0, 0.05) is 52.6 Å². The Labute approximate surface area is 193 Å². The maximum Gasteiger partial charge on any atom is 0.146 e. The van der Waals surface area contributed by atoms with Crippen LogP contribution in [0.15, 0.2) is 55.1 Å². The maximum absolute atomic E-state index is 15.8. The summed E-state index contributed by atoms with van der Waals surface area (Å²) < 4.78 is 45.2. The Kier molecular flexibility index (Phi) is 4.58. The molecule has 5 nitrogen and oxygen atoms in total. The SMILES string of the molecule is CC(c1cc(F)cc(F)c1)c1cc2ccc(-c3cn(C4CC4)c4ncnc(N)c34)c(F)c2cn1. The van der Waals surface area contributed by atoms with Crippen LogP contribution in [0.2, 0.25) is 0 Å². The zero-order valence-electron chi connectivity index (χ0n) is 18.3. The van der Waals surface area contributed by atoms with E-state index >= 15 is 4.39 Å². The highest BCUT2D eigenvalue weighted by Crippen LogP contribution is 2.43. The van der Waals surface area contributed by atoms with E-state index in [-0.39, 0.29) is 5.92 Å². The number of nitrogens with zero attached hydrogens (tertiary/aromatic N) is 4. The van der Waals surface area contributed by atoms with E-state index in [1.54, 1.807) is 12.1 Å². The van der Waals surface area contributed by atoms with Crippen LogP contribution in [0.1, 0.15) is 43.0 Å². The van der Waals surface area contributed by atoms with Gasteiger partial charge in [-0.1, -0.05) is 19.1 Å². The molecule has 1 unspecified atom stereocenters. The minimum absolute atomic E-state index is 0.309. The molecule has 0 radical (unpaired) electrons. The van der Waals surface area contributed by atoms with Crippen molar-refractivity contribution in [1.29, 1.82) is 0 Å². The second-order valence-electron chi connectivity index (χ2n) is 8.82. The molecule has 6 rings (SSSR count).